The van der Waals surface area contributed by atoms with E-state index in [0.29, 0.717) is 22.2 Å². The number of benzene rings is 2. The van der Waals surface area contributed by atoms with Gasteiger partial charge < -0.3 is 31.3 Å². The number of anilines is 1. The average molecular weight is 586 g/mol. The van der Waals surface area contributed by atoms with Crippen LogP contribution in [0.3, 0.4) is 0 Å². The second-order valence-electron chi connectivity index (χ2n) is 10.2. The van der Waals surface area contributed by atoms with Crippen molar-refractivity contribution in [3.63, 3.8) is 0 Å². The summed E-state index contributed by atoms with van der Waals surface area (Å²) in [7, 11) is 0. The van der Waals surface area contributed by atoms with Gasteiger partial charge in [-0.25, -0.2) is 9.37 Å². The van der Waals surface area contributed by atoms with E-state index in [2.05, 4.69) is 20.6 Å². The molecular formula is C29H27F4N5O4. The number of pyridine rings is 2. The number of amides is 1. The summed E-state index contributed by atoms with van der Waals surface area (Å²) in [5, 5.41) is 26.0. The third-order valence-electron chi connectivity index (χ3n) is 7.06. The summed E-state index contributed by atoms with van der Waals surface area (Å²) < 4.78 is 62.9. The highest BCUT2D eigenvalue weighted by Gasteiger charge is 2.57. The van der Waals surface area contributed by atoms with Crippen molar-refractivity contribution in [2.24, 2.45) is 5.73 Å². The zero-order valence-corrected chi connectivity index (χ0v) is 22.3. The first kappa shape index (κ1) is 29.2. The summed E-state index contributed by atoms with van der Waals surface area (Å²) in [6.45, 7) is 0.106. The number of alkyl halides is 3. The van der Waals surface area contributed by atoms with Gasteiger partial charge in [-0.05, 0) is 55.5 Å². The van der Waals surface area contributed by atoms with Crippen LogP contribution in [-0.2, 0) is 11.1 Å². The van der Waals surface area contributed by atoms with Gasteiger partial charge in [-0.3, -0.25) is 9.78 Å². The van der Waals surface area contributed by atoms with Gasteiger partial charge in [-0.2, -0.15) is 13.2 Å². The Balaban J connectivity index is 1.54. The van der Waals surface area contributed by atoms with Gasteiger partial charge in [0.25, 0.3) is 5.91 Å². The minimum Gasteiger partial charge on any atom is -0.489 e. The summed E-state index contributed by atoms with van der Waals surface area (Å²) in [5.41, 5.74) is 2.15. The van der Waals surface area contributed by atoms with Gasteiger partial charge in [-0.15, -0.1) is 0 Å². The smallest absolute Gasteiger partial charge is 0.424 e. The molecule has 5 rings (SSSR count). The van der Waals surface area contributed by atoms with Crippen molar-refractivity contribution in [2.45, 2.75) is 24.2 Å². The molecule has 6 N–H and O–H groups in total. The van der Waals surface area contributed by atoms with Gasteiger partial charge in [-0.1, -0.05) is 6.07 Å². The normalized spacial score (nSPS) is 17.8. The van der Waals surface area contributed by atoms with E-state index in [1.807, 2.05) is 0 Å². The van der Waals surface area contributed by atoms with E-state index in [0.717, 1.165) is 18.2 Å². The van der Waals surface area contributed by atoms with E-state index < -0.39 is 41.3 Å². The van der Waals surface area contributed by atoms with Crippen molar-refractivity contribution in [1.82, 2.24) is 15.3 Å². The number of ether oxygens (including phenoxy) is 1. The summed E-state index contributed by atoms with van der Waals surface area (Å²) in [6.07, 6.45) is -3.77. The second-order valence-corrected chi connectivity index (χ2v) is 10.2. The van der Waals surface area contributed by atoms with Crippen molar-refractivity contribution in [3.05, 3.63) is 83.4 Å². The third-order valence-corrected chi connectivity index (χ3v) is 7.06. The average Bonchev–Trinajstić information content (AvgIpc) is 3.27. The Morgan fingerprint density at radius 3 is 2.62 bits per heavy atom. The molecule has 0 saturated heterocycles. The van der Waals surface area contributed by atoms with Crippen molar-refractivity contribution >= 4 is 22.5 Å². The molecule has 220 valence electrons. The number of carbonyl (C=O) groups is 1. The van der Waals surface area contributed by atoms with Crippen LogP contribution in [0.2, 0.25) is 0 Å². The quantitative estimate of drug-likeness (QED) is 0.198. The van der Waals surface area contributed by atoms with Crippen LogP contribution in [0.15, 0.2) is 60.8 Å². The van der Waals surface area contributed by atoms with E-state index in [1.54, 1.807) is 19.1 Å². The van der Waals surface area contributed by atoms with E-state index in [1.165, 1.54) is 30.5 Å². The minimum absolute atomic E-state index is 0.0402. The van der Waals surface area contributed by atoms with Crippen LogP contribution in [0, 0.1) is 5.82 Å². The monoisotopic (exact) mass is 585 g/mol. The molecule has 0 spiro atoms. The lowest BCUT2D eigenvalue weighted by Gasteiger charge is -2.31. The molecule has 4 aromatic rings. The molecule has 2 aromatic heterocycles. The number of nitrogens with two attached hydrogens (primary N) is 1. The molecule has 0 fully saturated rings. The first-order valence-corrected chi connectivity index (χ1v) is 12.9. The van der Waals surface area contributed by atoms with Crippen molar-refractivity contribution < 1.29 is 37.3 Å². The summed E-state index contributed by atoms with van der Waals surface area (Å²) in [5.74, 6) is -1.33. The maximum Gasteiger partial charge on any atom is 0.424 e. The van der Waals surface area contributed by atoms with Gasteiger partial charge in [0.2, 0.25) is 5.60 Å². The number of aromatic nitrogens is 2. The number of hydrogen-bond acceptors (Lipinski definition) is 8. The van der Waals surface area contributed by atoms with Gasteiger partial charge in [0.05, 0.1) is 35.8 Å². The fraction of sp³-hybridized carbons (Fsp3) is 0.276. The topological polar surface area (TPSA) is 143 Å². The standard InChI is InChI=1S/C29H27F4N5O4/c1-27(34)14-36-25-20(27)13-22(38-24(25)16-4-6-19(30)7-5-16)28(41,29(31,32)33)15-37-26(40)18-11-17-3-2-8-35-23(17)21(12-18)42-10-9-39/h2-8,11-13,36,39,41H,9-10,14-15,34H2,1H3,(H,37,40). The van der Waals surface area contributed by atoms with E-state index in [9.17, 15) is 27.5 Å². The van der Waals surface area contributed by atoms with Gasteiger partial charge >= 0.3 is 6.18 Å². The first-order valence-electron chi connectivity index (χ1n) is 12.9. The van der Waals surface area contributed by atoms with Gasteiger partial charge in [0.1, 0.15) is 23.7 Å². The van der Waals surface area contributed by atoms with Gasteiger partial charge in [0, 0.05) is 34.8 Å². The fourth-order valence-corrected chi connectivity index (χ4v) is 4.77. The first-order chi connectivity index (χ1) is 19.8. The molecule has 2 unspecified atom stereocenters. The summed E-state index contributed by atoms with van der Waals surface area (Å²) in [6, 6.07) is 12.0. The molecule has 3 heterocycles. The second kappa shape index (κ2) is 10.8. The van der Waals surface area contributed by atoms with Crippen LogP contribution >= 0.6 is 0 Å². The van der Waals surface area contributed by atoms with Crippen LogP contribution in [-0.4, -0.2) is 58.6 Å². The Kier molecular flexibility index (Phi) is 7.51. The third kappa shape index (κ3) is 5.33. The predicted molar refractivity (Wildman–Crippen MR) is 146 cm³/mol. The number of hydrogen-bond donors (Lipinski definition) is 5. The van der Waals surface area contributed by atoms with Crippen molar-refractivity contribution in [2.75, 3.05) is 31.6 Å². The number of halogens is 4. The molecular weight excluding hydrogens is 558 g/mol. The lowest BCUT2D eigenvalue weighted by atomic mass is 9.89. The molecule has 2 aromatic carbocycles. The molecule has 42 heavy (non-hydrogen) atoms. The maximum absolute atomic E-state index is 14.6. The minimum atomic E-state index is -5.28. The SMILES string of the molecule is CC1(N)CNc2c1cc(C(O)(CNC(=O)c1cc(OCCO)c3ncccc3c1)C(F)(F)F)nc2-c1ccc(F)cc1. The highest BCUT2D eigenvalue weighted by atomic mass is 19.4. The van der Waals surface area contributed by atoms with Crippen LogP contribution in [0.4, 0.5) is 23.2 Å². The Labute approximate surface area is 237 Å². The largest absolute Gasteiger partial charge is 0.489 e. The number of nitrogens with zero attached hydrogens (tertiary/aromatic N) is 2. The Morgan fingerprint density at radius 1 is 1.19 bits per heavy atom. The molecule has 0 aliphatic carbocycles. The molecule has 1 amide bonds. The van der Waals surface area contributed by atoms with E-state index >= 15 is 0 Å². The van der Waals surface area contributed by atoms with E-state index in [4.69, 9.17) is 15.6 Å². The molecule has 0 radical (unpaired) electrons. The zero-order chi connectivity index (χ0) is 30.3. The highest BCUT2D eigenvalue weighted by Crippen LogP contribution is 2.45. The number of fused-ring (bicyclic) bond motifs is 2. The number of rotatable bonds is 8. The number of carbonyl (C=O) groups excluding carboxylic acids is 1. The Bertz CT molecular complexity index is 1650. The number of aliphatic hydroxyl groups excluding tert-OH is 1. The lowest BCUT2D eigenvalue weighted by molar-refractivity contribution is -0.265. The van der Waals surface area contributed by atoms with Gasteiger partial charge in [0.15, 0.2) is 0 Å². The van der Waals surface area contributed by atoms with Crippen LogP contribution < -0.4 is 21.1 Å². The lowest BCUT2D eigenvalue weighted by Crippen LogP contribution is -2.51. The molecule has 9 nitrogen and oxygen atoms in total. The maximum atomic E-state index is 14.6. The van der Waals surface area contributed by atoms with Crippen molar-refractivity contribution in [3.8, 4) is 17.0 Å². The zero-order valence-electron chi connectivity index (χ0n) is 22.3. The molecule has 2 atom stereocenters. The Morgan fingerprint density at radius 2 is 1.93 bits per heavy atom. The molecule has 1 aliphatic rings. The fourth-order valence-electron chi connectivity index (χ4n) is 4.77. The highest BCUT2D eigenvalue weighted by molar-refractivity contribution is 6.00. The number of aliphatic hydroxyl groups is 2. The summed E-state index contributed by atoms with van der Waals surface area (Å²) in [4.78, 5) is 21.5. The summed E-state index contributed by atoms with van der Waals surface area (Å²) >= 11 is 0. The number of nitrogens with one attached hydrogen (secondary N) is 2. The van der Waals surface area contributed by atoms with Crippen LogP contribution in [0.5, 0.6) is 5.75 Å². The van der Waals surface area contributed by atoms with Crippen LogP contribution in [0.1, 0.15) is 28.5 Å². The molecule has 13 heteroatoms. The predicted octanol–water partition coefficient (Wildman–Crippen LogP) is 3.59. The van der Waals surface area contributed by atoms with Crippen LogP contribution in [0.25, 0.3) is 22.2 Å². The molecule has 0 saturated carbocycles. The molecule has 0 bridgehead atoms. The Hall–Kier alpha value is -4.33. The van der Waals surface area contributed by atoms with Crippen molar-refractivity contribution in [1.29, 1.82) is 0 Å². The van der Waals surface area contributed by atoms with E-state index in [-0.39, 0.29) is 42.3 Å². The molecule has 1 aliphatic heterocycles.